The zero-order valence-electron chi connectivity index (χ0n) is 7.86. The molecule has 2 aromatic heterocycles. The predicted molar refractivity (Wildman–Crippen MR) is 60.9 cm³/mol. The maximum absolute atomic E-state index is 10.9. The number of pyridine rings is 1. The van der Waals surface area contributed by atoms with Gasteiger partial charge in [0.1, 0.15) is 5.82 Å². The molecule has 0 saturated heterocycles. The first-order valence-electron chi connectivity index (χ1n) is 4.37. The average Bonchev–Trinajstić information content (AvgIpc) is 2.63. The summed E-state index contributed by atoms with van der Waals surface area (Å²) < 4.78 is 0. The Hall–Kier alpha value is -1.82. The molecular weight excluding hydrogens is 212 g/mol. The number of thiazole rings is 1. The first kappa shape index (κ1) is 9.72. The van der Waals surface area contributed by atoms with Gasteiger partial charge in [-0.2, -0.15) is 0 Å². The second-order valence-corrected chi connectivity index (χ2v) is 3.81. The van der Waals surface area contributed by atoms with Crippen molar-refractivity contribution in [2.24, 2.45) is 0 Å². The van der Waals surface area contributed by atoms with Crippen LogP contribution in [-0.2, 0) is 6.54 Å². The van der Waals surface area contributed by atoms with Crippen molar-refractivity contribution in [3.05, 3.63) is 39.1 Å². The van der Waals surface area contributed by atoms with Crippen molar-refractivity contribution in [1.82, 2.24) is 9.97 Å². The molecule has 2 rings (SSSR count). The molecule has 4 N–H and O–H groups in total. The fourth-order valence-electron chi connectivity index (χ4n) is 1.16. The minimum absolute atomic E-state index is 0.0500. The lowest BCUT2D eigenvalue weighted by atomic mass is 10.3. The van der Waals surface area contributed by atoms with Crippen LogP contribution in [-0.4, -0.2) is 9.97 Å². The number of nitrogens with zero attached hydrogens (tertiary/aromatic N) is 1. The molecule has 6 heteroatoms. The van der Waals surface area contributed by atoms with Crippen molar-refractivity contribution in [2.45, 2.75) is 6.54 Å². The summed E-state index contributed by atoms with van der Waals surface area (Å²) >= 11 is 1.15. The molecule has 0 fully saturated rings. The van der Waals surface area contributed by atoms with Crippen LogP contribution in [0.5, 0.6) is 0 Å². The number of aromatic amines is 1. The number of nitrogen functional groups attached to an aromatic ring is 1. The van der Waals surface area contributed by atoms with Crippen LogP contribution in [0.25, 0.3) is 0 Å². The largest absolute Gasteiger partial charge is 0.382 e. The quantitative estimate of drug-likeness (QED) is 0.724. The monoisotopic (exact) mass is 222 g/mol. The molecule has 0 aliphatic heterocycles. The van der Waals surface area contributed by atoms with Gasteiger partial charge in [0.2, 0.25) is 0 Å². The van der Waals surface area contributed by atoms with Gasteiger partial charge in [-0.15, -0.1) is 0 Å². The second-order valence-electron chi connectivity index (χ2n) is 2.96. The molecule has 78 valence electrons. The Bertz CT molecular complexity index is 505. The second kappa shape index (κ2) is 4.14. The van der Waals surface area contributed by atoms with E-state index in [2.05, 4.69) is 15.3 Å². The summed E-state index contributed by atoms with van der Waals surface area (Å²) in [5.41, 5.74) is 7.26. The standard InChI is InChI=1S/C9H10N4OS/c10-8-7(2-1-3-11-8)12-4-6-5-15-9(14)13-6/h1-3,5,12H,4H2,(H2,10,11)(H,13,14). The van der Waals surface area contributed by atoms with Gasteiger partial charge in [0.05, 0.1) is 12.2 Å². The Morgan fingerprint density at radius 2 is 2.47 bits per heavy atom. The number of rotatable bonds is 3. The van der Waals surface area contributed by atoms with Crippen molar-refractivity contribution < 1.29 is 0 Å². The normalized spacial score (nSPS) is 10.1. The number of nitrogens with two attached hydrogens (primary N) is 1. The summed E-state index contributed by atoms with van der Waals surface area (Å²) in [6.45, 7) is 0.536. The number of H-pyrrole nitrogens is 1. The van der Waals surface area contributed by atoms with E-state index in [-0.39, 0.29) is 4.87 Å². The molecule has 0 spiro atoms. The molecule has 0 aliphatic carbocycles. The van der Waals surface area contributed by atoms with Crippen LogP contribution in [0.4, 0.5) is 11.5 Å². The van der Waals surface area contributed by atoms with E-state index in [0.29, 0.717) is 12.4 Å². The number of aromatic nitrogens is 2. The molecule has 0 unspecified atom stereocenters. The van der Waals surface area contributed by atoms with E-state index in [4.69, 9.17) is 5.73 Å². The van der Waals surface area contributed by atoms with Gasteiger partial charge in [0, 0.05) is 17.3 Å². The van der Waals surface area contributed by atoms with Gasteiger partial charge in [-0.05, 0) is 12.1 Å². The highest BCUT2D eigenvalue weighted by Crippen LogP contribution is 2.14. The van der Waals surface area contributed by atoms with Crippen molar-refractivity contribution in [1.29, 1.82) is 0 Å². The van der Waals surface area contributed by atoms with Crippen LogP contribution >= 0.6 is 11.3 Å². The number of hydrogen-bond acceptors (Lipinski definition) is 5. The van der Waals surface area contributed by atoms with Crippen LogP contribution < -0.4 is 15.9 Å². The molecule has 0 aliphatic rings. The lowest BCUT2D eigenvalue weighted by Gasteiger charge is -2.06. The topological polar surface area (TPSA) is 83.8 Å². The summed E-state index contributed by atoms with van der Waals surface area (Å²) in [7, 11) is 0. The SMILES string of the molecule is Nc1ncccc1NCc1csc(=O)[nH]1. The Morgan fingerprint density at radius 1 is 1.60 bits per heavy atom. The third-order valence-electron chi connectivity index (χ3n) is 1.88. The van der Waals surface area contributed by atoms with Gasteiger partial charge in [0.15, 0.2) is 0 Å². The van der Waals surface area contributed by atoms with Crippen LogP contribution in [0.1, 0.15) is 5.69 Å². The first-order valence-corrected chi connectivity index (χ1v) is 5.25. The first-order chi connectivity index (χ1) is 7.25. The van der Waals surface area contributed by atoms with E-state index in [9.17, 15) is 4.79 Å². The lowest BCUT2D eigenvalue weighted by Crippen LogP contribution is -2.05. The number of nitrogens with one attached hydrogen (secondary N) is 2. The van der Waals surface area contributed by atoms with Crippen LogP contribution in [0.15, 0.2) is 28.5 Å². The zero-order chi connectivity index (χ0) is 10.7. The molecule has 2 aromatic rings. The molecule has 0 radical (unpaired) electrons. The van der Waals surface area contributed by atoms with Crippen molar-refractivity contribution >= 4 is 22.8 Å². The fraction of sp³-hybridized carbons (Fsp3) is 0.111. The molecule has 5 nitrogen and oxygen atoms in total. The van der Waals surface area contributed by atoms with Crippen LogP contribution in [0.2, 0.25) is 0 Å². The van der Waals surface area contributed by atoms with E-state index < -0.39 is 0 Å². The van der Waals surface area contributed by atoms with Crippen molar-refractivity contribution in [2.75, 3.05) is 11.1 Å². The maximum atomic E-state index is 10.9. The number of hydrogen-bond donors (Lipinski definition) is 3. The molecule has 15 heavy (non-hydrogen) atoms. The molecule has 0 saturated carbocycles. The maximum Gasteiger partial charge on any atom is 0.304 e. The molecule has 0 amide bonds. The highest BCUT2D eigenvalue weighted by atomic mass is 32.1. The van der Waals surface area contributed by atoms with Gasteiger partial charge in [0.25, 0.3) is 0 Å². The minimum Gasteiger partial charge on any atom is -0.382 e. The van der Waals surface area contributed by atoms with E-state index in [0.717, 1.165) is 22.7 Å². The van der Waals surface area contributed by atoms with E-state index in [1.54, 1.807) is 17.6 Å². The van der Waals surface area contributed by atoms with Gasteiger partial charge < -0.3 is 16.0 Å². The van der Waals surface area contributed by atoms with Gasteiger partial charge in [-0.25, -0.2) is 4.98 Å². The lowest BCUT2D eigenvalue weighted by molar-refractivity contribution is 1.06. The summed E-state index contributed by atoms with van der Waals surface area (Å²) in [5.74, 6) is 0.454. The highest BCUT2D eigenvalue weighted by molar-refractivity contribution is 7.07. The average molecular weight is 222 g/mol. The highest BCUT2D eigenvalue weighted by Gasteiger charge is 1.99. The fourth-order valence-corrected chi connectivity index (χ4v) is 1.74. The summed E-state index contributed by atoms with van der Waals surface area (Å²) in [6, 6.07) is 3.64. The Morgan fingerprint density at radius 3 is 3.13 bits per heavy atom. The molecular formula is C9H10N4OS. The minimum atomic E-state index is -0.0500. The summed E-state index contributed by atoms with van der Waals surface area (Å²) in [4.78, 5) is 17.5. The predicted octanol–water partition coefficient (Wildman–Crippen LogP) is 1.03. The number of anilines is 2. The van der Waals surface area contributed by atoms with E-state index in [1.165, 1.54) is 0 Å². The van der Waals surface area contributed by atoms with Gasteiger partial charge >= 0.3 is 4.87 Å². The van der Waals surface area contributed by atoms with Crippen molar-refractivity contribution in [3.8, 4) is 0 Å². The molecule has 2 heterocycles. The molecule has 0 atom stereocenters. The Kier molecular flexibility index (Phi) is 2.68. The van der Waals surface area contributed by atoms with E-state index >= 15 is 0 Å². The third kappa shape index (κ3) is 2.35. The smallest absolute Gasteiger partial charge is 0.304 e. The molecule has 0 bridgehead atoms. The van der Waals surface area contributed by atoms with Crippen LogP contribution in [0.3, 0.4) is 0 Å². The zero-order valence-corrected chi connectivity index (χ0v) is 8.67. The van der Waals surface area contributed by atoms with Crippen molar-refractivity contribution in [3.63, 3.8) is 0 Å². The third-order valence-corrected chi connectivity index (χ3v) is 2.60. The Labute approximate surface area is 90.0 Å². The van der Waals surface area contributed by atoms with E-state index in [1.807, 2.05) is 6.07 Å². The molecule has 0 aromatic carbocycles. The van der Waals surface area contributed by atoms with Gasteiger partial charge in [-0.3, -0.25) is 4.79 Å². The summed E-state index contributed by atoms with van der Waals surface area (Å²) in [6.07, 6.45) is 1.63. The van der Waals surface area contributed by atoms with Crippen LogP contribution in [0, 0.1) is 0 Å². The summed E-state index contributed by atoms with van der Waals surface area (Å²) in [5, 5.41) is 4.87. The Balaban J connectivity index is 2.05. The van der Waals surface area contributed by atoms with Gasteiger partial charge in [-0.1, -0.05) is 11.3 Å².